The molecule has 5 nitrogen and oxygen atoms in total. The largest absolute Gasteiger partial charge is 0.481 e. The molecule has 1 atom stereocenters. The van der Waals surface area contributed by atoms with Crippen LogP contribution in [0.5, 0.6) is 0 Å². The van der Waals surface area contributed by atoms with Crippen LogP contribution in [0.25, 0.3) is 0 Å². The molecular weight excluding hydrogens is 288 g/mol. The van der Waals surface area contributed by atoms with Crippen LogP contribution in [0.4, 0.5) is 5.69 Å². The number of carbonyl (C=O) groups excluding carboxylic acids is 1. The highest BCUT2D eigenvalue weighted by molar-refractivity contribution is 7.09. The van der Waals surface area contributed by atoms with Gasteiger partial charge in [-0.2, -0.15) is 0 Å². The minimum atomic E-state index is -0.927. The van der Waals surface area contributed by atoms with Gasteiger partial charge in [-0.3, -0.25) is 9.59 Å². The molecule has 0 radical (unpaired) electrons. The number of carboxylic acid groups (broad SMARTS) is 1. The maximum Gasteiger partial charge on any atom is 0.309 e. The SMILES string of the molecule is Cc1ccccc1NC(=O)C(C)c1nc(CC(=O)O)cs1. The molecule has 1 amide bonds. The maximum absolute atomic E-state index is 12.2. The third-order valence-corrected chi connectivity index (χ3v) is 4.14. The van der Waals surface area contributed by atoms with Crippen LogP contribution in [0, 0.1) is 6.92 Å². The van der Waals surface area contributed by atoms with E-state index in [2.05, 4.69) is 10.3 Å². The van der Waals surface area contributed by atoms with Gasteiger partial charge in [0.15, 0.2) is 0 Å². The van der Waals surface area contributed by atoms with Gasteiger partial charge in [0.25, 0.3) is 0 Å². The number of nitrogens with one attached hydrogen (secondary N) is 1. The van der Waals surface area contributed by atoms with E-state index < -0.39 is 11.9 Å². The highest BCUT2D eigenvalue weighted by Crippen LogP contribution is 2.23. The van der Waals surface area contributed by atoms with Crippen molar-refractivity contribution in [1.82, 2.24) is 4.98 Å². The Morgan fingerprint density at radius 2 is 2.10 bits per heavy atom. The van der Waals surface area contributed by atoms with E-state index in [1.54, 1.807) is 12.3 Å². The maximum atomic E-state index is 12.2. The lowest BCUT2D eigenvalue weighted by molar-refractivity contribution is -0.136. The van der Waals surface area contributed by atoms with Crippen molar-refractivity contribution in [2.45, 2.75) is 26.2 Å². The van der Waals surface area contributed by atoms with Crippen molar-refractivity contribution in [3.05, 3.63) is 45.9 Å². The van der Waals surface area contributed by atoms with Crippen LogP contribution in [0.2, 0.25) is 0 Å². The Morgan fingerprint density at radius 1 is 1.38 bits per heavy atom. The number of nitrogens with zero attached hydrogens (tertiary/aromatic N) is 1. The summed E-state index contributed by atoms with van der Waals surface area (Å²) in [6, 6.07) is 7.54. The predicted molar refractivity (Wildman–Crippen MR) is 81.7 cm³/mol. The summed E-state index contributed by atoms with van der Waals surface area (Å²) in [5.41, 5.74) is 2.25. The van der Waals surface area contributed by atoms with E-state index in [0.717, 1.165) is 11.3 Å². The molecule has 0 spiro atoms. The molecule has 1 heterocycles. The van der Waals surface area contributed by atoms with Gasteiger partial charge < -0.3 is 10.4 Å². The van der Waals surface area contributed by atoms with Crippen LogP contribution < -0.4 is 5.32 Å². The third kappa shape index (κ3) is 3.88. The van der Waals surface area contributed by atoms with Gasteiger partial charge in [-0.25, -0.2) is 4.98 Å². The average Bonchev–Trinajstić information content (AvgIpc) is 2.88. The number of benzene rings is 1. The van der Waals surface area contributed by atoms with E-state index in [4.69, 9.17) is 5.11 Å². The van der Waals surface area contributed by atoms with E-state index in [1.165, 1.54) is 11.3 Å². The fraction of sp³-hybridized carbons (Fsp3) is 0.267. The number of anilines is 1. The van der Waals surface area contributed by atoms with Crippen LogP contribution in [0.1, 0.15) is 29.1 Å². The van der Waals surface area contributed by atoms with E-state index in [0.29, 0.717) is 10.7 Å². The molecule has 110 valence electrons. The second kappa shape index (κ2) is 6.49. The first-order valence-electron chi connectivity index (χ1n) is 6.50. The van der Waals surface area contributed by atoms with Gasteiger partial charge in [-0.05, 0) is 25.5 Å². The molecule has 21 heavy (non-hydrogen) atoms. The van der Waals surface area contributed by atoms with Gasteiger partial charge >= 0.3 is 5.97 Å². The van der Waals surface area contributed by atoms with Gasteiger partial charge in [0.05, 0.1) is 18.0 Å². The van der Waals surface area contributed by atoms with Crippen molar-refractivity contribution in [2.75, 3.05) is 5.32 Å². The van der Waals surface area contributed by atoms with E-state index in [1.807, 2.05) is 31.2 Å². The minimum absolute atomic E-state index is 0.122. The molecule has 6 heteroatoms. The molecular formula is C15H16N2O3S. The Morgan fingerprint density at radius 3 is 2.76 bits per heavy atom. The van der Waals surface area contributed by atoms with Crippen molar-refractivity contribution in [3.8, 4) is 0 Å². The van der Waals surface area contributed by atoms with Crippen molar-refractivity contribution < 1.29 is 14.7 Å². The zero-order chi connectivity index (χ0) is 15.4. The Labute approximate surface area is 126 Å². The molecule has 0 aliphatic rings. The molecule has 0 fully saturated rings. The number of rotatable bonds is 5. The normalized spacial score (nSPS) is 11.9. The van der Waals surface area contributed by atoms with Gasteiger partial charge in [0.1, 0.15) is 5.01 Å². The quantitative estimate of drug-likeness (QED) is 0.890. The van der Waals surface area contributed by atoms with Crippen molar-refractivity contribution in [3.63, 3.8) is 0 Å². The number of aryl methyl sites for hydroxylation is 1. The fourth-order valence-electron chi connectivity index (χ4n) is 1.82. The second-order valence-electron chi connectivity index (χ2n) is 4.77. The number of aromatic nitrogens is 1. The Bertz CT molecular complexity index is 666. The monoisotopic (exact) mass is 304 g/mol. The zero-order valence-corrected chi connectivity index (χ0v) is 12.6. The minimum Gasteiger partial charge on any atom is -0.481 e. The number of para-hydroxylation sites is 1. The van der Waals surface area contributed by atoms with E-state index in [9.17, 15) is 9.59 Å². The van der Waals surface area contributed by atoms with E-state index >= 15 is 0 Å². The lowest BCUT2D eigenvalue weighted by Crippen LogP contribution is -2.19. The number of aliphatic carboxylic acids is 1. The Kier molecular flexibility index (Phi) is 4.70. The average molecular weight is 304 g/mol. The molecule has 2 aromatic rings. The summed E-state index contributed by atoms with van der Waals surface area (Å²) in [4.78, 5) is 27.1. The molecule has 1 unspecified atom stereocenters. The standard InChI is InChI=1S/C15H16N2O3S/c1-9-5-3-4-6-12(9)17-14(20)10(2)15-16-11(8-21-15)7-13(18)19/h3-6,8,10H,7H2,1-2H3,(H,17,20)(H,18,19). The molecule has 0 aliphatic carbocycles. The molecule has 1 aromatic heterocycles. The molecule has 2 N–H and O–H groups in total. The first-order valence-corrected chi connectivity index (χ1v) is 7.38. The number of carboxylic acids is 1. The lowest BCUT2D eigenvalue weighted by Gasteiger charge is -2.11. The summed E-state index contributed by atoms with van der Waals surface area (Å²) < 4.78 is 0. The van der Waals surface area contributed by atoms with Gasteiger partial charge in [0.2, 0.25) is 5.91 Å². The lowest BCUT2D eigenvalue weighted by atomic mass is 10.1. The molecule has 1 aromatic carbocycles. The molecule has 0 aliphatic heterocycles. The highest BCUT2D eigenvalue weighted by atomic mass is 32.1. The van der Waals surface area contributed by atoms with Gasteiger partial charge in [-0.1, -0.05) is 18.2 Å². The summed E-state index contributed by atoms with van der Waals surface area (Å²) >= 11 is 1.31. The summed E-state index contributed by atoms with van der Waals surface area (Å²) in [6.07, 6.45) is -0.122. The van der Waals surface area contributed by atoms with Crippen LogP contribution in [-0.2, 0) is 16.0 Å². The van der Waals surface area contributed by atoms with Gasteiger partial charge in [-0.15, -0.1) is 11.3 Å². The molecule has 2 rings (SSSR count). The Hall–Kier alpha value is -2.21. The third-order valence-electron chi connectivity index (χ3n) is 3.07. The van der Waals surface area contributed by atoms with Crippen molar-refractivity contribution in [2.24, 2.45) is 0 Å². The predicted octanol–water partition coefficient (Wildman–Crippen LogP) is 2.82. The van der Waals surface area contributed by atoms with Crippen LogP contribution >= 0.6 is 11.3 Å². The first-order chi connectivity index (χ1) is 9.97. The molecule has 0 saturated heterocycles. The summed E-state index contributed by atoms with van der Waals surface area (Å²) in [7, 11) is 0. The Balaban J connectivity index is 2.07. The number of hydrogen-bond donors (Lipinski definition) is 2. The van der Waals surface area contributed by atoms with Gasteiger partial charge in [0, 0.05) is 11.1 Å². The first kappa shape index (κ1) is 15.2. The van der Waals surface area contributed by atoms with Crippen LogP contribution in [-0.4, -0.2) is 22.0 Å². The number of carbonyl (C=O) groups is 2. The summed E-state index contributed by atoms with van der Waals surface area (Å²) in [6.45, 7) is 3.69. The fourth-order valence-corrected chi connectivity index (χ4v) is 2.70. The second-order valence-corrected chi connectivity index (χ2v) is 5.66. The summed E-state index contributed by atoms with van der Waals surface area (Å²) in [5, 5.41) is 13.9. The van der Waals surface area contributed by atoms with Crippen molar-refractivity contribution in [1.29, 1.82) is 0 Å². The molecule has 0 saturated carbocycles. The zero-order valence-electron chi connectivity index (χ0n) is 11.8. The summed E-state index contributed by atoms with van der Waals surface area (Å²) in [5.74, 6) is -1.50. The number of thiazole rings is 1. The molecule has 0 bridgehead atoms. The van der Waals surface area contributed by atoms with Crippen LogP contribution in [0.3, 0.4) is 0 Å². The number of hydrogen-bond acceptors (Lipinski definition) is 4. The highest BCUT2D eigenvalue weighted by Gasteiger charge is 2.20. The van der Waals surface area contributed by atoms with E-state index in [-0.39, 0.29) is 12.3 Å². The number of amides is 1. The van der Waals surface area contributed by atoms with Crippen molar-refractivity contribution >= 4 is 28.9 Å². The smallest absolute Gasteiger partial charge is 0.309 e. The topological polar surface area (TPSA) is 79.3 Å². The van der Waals surface area contributed by atoms with Crippen LogP contribution in [0.15, 0.2) is 29.6 Å².